The molecule has 0 aliphatic carbocycles. The minimum Gasteiger partial charge on any atom is -0.489 e. The lowest BCUT2D eigenvalue weighted by Gasteiger charge is -2.34. The van der Waals surface area contributed by atoms with E-state index in [-0.39, 0.29) is 18.5 Å². The van der Waals surface area contributed by atoms with Gasteiger partial charge in [0.25, 0.3) is 0 Å². The number of halogens is 1. The Bertz CT molecular complexity index is 371. The Morgan fingerprint density at radius 1 is 1.22 bits per heavy atom. The number of hydrogen-bond donors (Lipinski definition) is 2. The zero-order chi connectivity index (χ0) is 13.2. The third kappa shape index (κ3) is 3.61. The van der Waals surface area contributed by atoms with E-state index < -0.39 is 11.6 Å². The van der Waals surface area contributed by atoms with Crippen LogP contribution in [0.25, 0.3) is 0 Å². The molecule has 4 heteroatoms. The van der Waals surface area contributed by atoms with Crippen molar-refractivity contribution in [2.24, 2.45) is 11.1 Å². The van der Waals surface area contributed by atoms with Gasteiger partial charge in [-0.05, 0) is 31.9 Å². The summed E-state index contributed by atoms with van der Waals surface area (Å²) in [6, 6.07) is 6.03. The van der Waals surface area contributed by atoms with Crippen LogP contribution >= 0.6 is 12.4 Å². The Kier molecular flexibility index (Phi) is 6.14. The molecule has 1 aromatic rings. The van der Waals surface area contributed by atoms with Gasteiger partial charge in [-0.2, -0.15) is 0 Å². The molecule has 104 valence electrons. The van der Waals surface area contributed by atoms with E-state index in [2.05, 4.69) is 0 Å². The molecular formula is C14H24ClNO2. The lowest BCUT2D eigenvalue weighted by Crippen LogP contribution is -2.46. The van der Waals surface area contributed by atoms with Gasteiger partial charge in [-0.3, -0.25) is 0 Å². The second kappa shape index (κ2) is 6.41. The molecule has 0 aliphatic heterocycles. The van der Waals surface area contributed by atoms with Crippen LogP contribution in [-0.2, 0) is 0 Å². The molecule has 0 amide bonds. The zero-order valence-electron chi connectivity index (χ0n) is 11.7. The summed E-state index contributed by atoms with van der Waals surface area (Å²) in [6.07, 6.45) is -1.07. The number of aliphatic hydroxyl groups excluding tert-OH is 1. The third-order valence-corrected chi connectivity index (χ3v) is 3.51. The molecule has 0 spiro atoms. The van der Waals surface area contributed by atoms with E-state index in [1.54, 1.807) is 0 Å². The van der Waals surface area contributed by atoms with E-state index in [4.69, 9.17) is 10.5 Å². The van der Waals surface area contributed by atoms with Gasteiger partial charge in [-0.25, -0.2) is 0 Å². The van der Waals surface area contributed by atoms with E-state index in [1.165, 1.54) is 0 Å². The summed E-state index contributed by atoms with van der Waals surface area (Å²) in [4.78, 5) is 0. The van der Waals surface area contributed by atoms with Gasteiger partial charge in [0.05, 0.1) is 0 Å². The van der Waals surface area contributed by atoms with Crippen LogP contribution in [0.2, 0.25) is 0 Å². The quantitative estimate of drug-likeness (QED) is 0.830. The summed E-state index contributed by atoms with van der Waals surface area (Å²) in [6.45, 7) is 9.76. The standard InChI is InChI=1S/C14H23NO2.ClH/c1-9-7-6-8-10(2)12(9)17-11(3)14(4,5)13(15)16;/h6-8,11,13,16H,15H2,1-5H3;1H. The minimum absolute atomic E-state index is 0. The van der Waals surface area contributed by atoms with E-state index >= 15 is 0 Å². The van der Waals surface area contributed by atoms with E-state index in [1.807, 2.05) is 52.8 Å². The van der Waals surface area contributed by atoms with Crippen molar-refractivity contribution in [1.82, 2.24) is 0 Å². The van der Waals surface area contributed by atoms with Crippen LogP contribution in [0.3, 0.4) is 0 Å². The summed E-state index contributed by atoms with van der Waals surface area (Å²) in [5.41, 5.74) is 7.28. The first-order valence-corrected chi connectivity index (χ1v) is 5.93. The highest BCUT2D eigenvalue weighted by Crippen LogP contribution is 2.30. The Hall–Kier alpha value is -0.770. The van der Waals surface area contributed by atoms with Gasteiger partial charge in [-0.1, -0.05) is 32.0 Å². The normalized spacial score (nSPS) is 14.6. The number of rotatable bonds is 4. The summed E-state index contributed by atoms with van der Waals surface area (Å²) in [5.74, 6) is 0.883. The molecule has 0 bridgehead atoms. The van der Waals surface area contributed by atoms with E-state index in [0.29, 0.717) is 0 Å². The van der Waals surface area contributed by atoms with Gasteiger partial charge >= 0.3 is 0 Å². The number of ether oxygens (including phenoxy) is 1. The highest BCUT2D eigenvalue weighted by molar-refractivity contribution is 5.85. The van der Waals surface area contributed by atoms with Gasteiger partial charge in [0.15, 0.2) is 0 Å². The van der Waals surface area contributed by atoms with Crippen LogP contribution in [-0.4, -0.2) is 17.4 Å². The second-order valence-corrected chi connectivity index (χ2v) is 5.25. The average Bonchev–Trinajstić information content (AvgIpc) is 2.23. The molecule has 0 saturated carbocycles. The number of nitrogens with two attached hydrogens (primary N) is 1. The van der Waals surface area contributed by atoms with Crippen LogP contribution < -0.4 is 10.5 Å². The van der Waals surface area contributed by atoms with Crippen LogP contribution in [0.5, 0.6) is 5.75 Å². The predicted molar refractivity (Wildman–Crippen MR) is 77.2 cm³/mol. The zero-order valence-corrected chi connectivity index (χ0v) is 12.5. The lowest BCUT2D eigenvalue weighted by molar-refractivity contribution is -0.0236. The van der Waals surface area contributed by atoms with Gasteiger partial charge in [0.2, 0.25) is 0 Å². The molecule has 0 saturated heterocycles. The SMILES string of the molecule is Cc1cccc(C)c1OC(C)C(C)(C)C(N)O.Cl. The van der Waals surface area contributed by atoms with Crippen molar-refractivity contribution in [3.8, 4) is 5.75 Å². The molecular weight excluding hydrogens is 250 g/mol. The topological polar surface area (TPSA) is 55.5 Å². The van der Waals surface area contributed by atoms with Crippen molar-refractivity contribution in [2.75, 3.05) is 0 Å². The van der Waals surface area contributed by atoms with Crippen LogP contribution in [0.4, 0.5) is 0 Å². The van der Waals surface area contributed by atoms with Crippen LogP contribution in [0.15, 0.2) is 18.2 Å². The van der Waals surface area contributed by atoms with E-state index in [9.17, 15) is 5.11 Å². The molecule has 0 fully saturated rings. The molecule has 0 aliphatic rings. The molecule has 3 N–H and O–H groups in total. The van der Waals surface area contributed by atoms with Gasteiger partial charge < -0.3 is 15.6 Å². The molecule has 1 aromatic carbocycles. The molecule has 2 atom stereocenters. The Morgan fingerprint density at radius 2 is 1.67 bits per heavy atom. The maximum Gasteiger partial charge on any atom is 0.125 e. The number of aryl methyl sites for hydroxylation is 2. The second-order valence-electron chi connectivity index (χ2n) is 5.25. The Morgan fingerprint density at radius 3 is 2.06 bits per heavy atom. The fraction of sp³-hybridized carbons (Fsp3) is 0.571. The number of hydrogen-bond acceptors (Lipinski definition) is 3. The minimum atomic E-state index is -0.901. The van der Waals surface area contributed by atoms with E-state index in [0.717, 1.165) is 16.9 Å². The summed E-state index contributed by atoms with van der Waals surface area (Å²) < 4.78 is 5.96. The number of para-hydroxylation sites is 1. The first kappa shape index (κ1) is 17.2. The lowest BCUT2D eigenvalue weighted by atomic mass is 9.85. The first-order valence-electron chi connectivity index (χ1n) is 5.93. The highest BCUT2D eigenvalue weighted by atomic mass is 35.5. The summed E-state index contributed by atoms with van der Waals surface area (Å²) >= 11 is 0. The van der Waals surface area contributed by atoms with Crippen molar-refractivity contribution in [3.63, 3.8) is 0 Å². The third-order valence-electron chi connectivity index (χ3n) is 3.51. The maximum absolute atomic E-state index is 9.56. The number of aliphatic hydroxyl groups is 1. The summed E-state index contributed by atoms with van der Waals surface area (Å²) in [7, 11) is 0. The van der Waals surface area contributed by atoms with Crippen molar-refractivity contribution >= 4 is 12.4 Å². The van der Waals surface area contributed by atoms with Gasteiger partial charge in [-0.15, -0.1) is 12.4 Å². The van der Waals surface area contributed by atoms with Gasteiger partial charge in [0.1, 0.15) is 18.1 Å². The first-order chi connectivity index (χ1) is 7.76. The Labute approximate surface area is 116 Å². The van der Waals surface area contributed by atoms with Crippen LogP contribution in [0, 0.1) is 19.3 Å². The highest BCUT2D eigenvalue weighted by Gasteiger charge is 2.33. The Balaban J connectivity index is 0.00000289. The maximum atomic E-state index is 9.56. The monoisotopic (exact) mass is 273 g/mol. The number of benzene rings is 1. The molecule has 2 unspecified atom stereocenters. The molecule has 0 heterocycles. The average molecular weight is 274 g/mol. The van der Waals surface area contributed by atoms with Crippen LogP contribution in [0.1, 0.15) is 31.9 Å². The van der Waals surface area contributed by atoms with Crippen molar-refractivity contribution < 1.29 is 9.84 Å². The van der Waals surface area contributed by atoms with Crippen molar-refractivity contribution in [1.29, 1.82) is 0 Å². The predicted octanol–water partition coefficient (Wildman–Crippen LogP) is 2.80. The van der Waals surface area contributed by atoms with Crippen molar-refractivity contribution in [3.05, 3.63) is 29.3 Å². The molecule has 0 radical (unpaired) electrons. The summed E-state index contributed by atoms with van der Waals surface area (Å²) in [5, 5.41) is 9.56. The van der Waals surface area contributed by atoms with Gasteiger partial charge in [0, 0.05) is 5.41 Å². The molecule has 0 aromatic heterocycles. The van der Waals surface area contributed by atoms with Crippen molar-refractivity contribution in [2.45, 2.75) is 47.0 Å². The molecule has 3 nitrogen and oxygen atoms in total. The fourth-order valence-corrected chi connectivity index (χ4v) is 1.55. The largest absolute Gasteiger partial charge is 0.489 e. The molecule has 18 heavy (non-hydrogen) atoms. The smallest absolute Gasteiger partial charge is 0.125 e. The molecule has 1 rings (SSSR count). The fourth-order valence-electron chi connectivity index (χ4n) is 1.55.